The van der Waals surface area contributed by atoms with Gasteiger partial charge in [-0.15, -0.1) is 18.8 Å². The number of nitrogens with one attached hydrogen (secondary N) is 1. The highest BCUT2D eigenvalue weighted by Crippen LogP contribution is 2.21. The van der Waals surface area contributed by atoms with E-state index in [0.29, 0.717) is 6.54 Å². The maximum atomic E-state index is 12.8. The topological polar surface area (TPSA) is 21.3 Å². The van der Waals surface area contributed by atoms with Crippen LogP contribution in [0.4, 0.5) is 8.78 Å². The fraction of sp³-hybridized carbons (Fsp3) is 0.714. The van der Waals surface area contributed by atoms with Crippen molar-refractivity contribution in [2.75, 3.05) is 19.7 Å². The molecule has 70 valence electrons. The molecule has 1 fully saturated rings. The number of hydrogen-bond donors (Lipinski definition) is 1. The Kier molecular flexibility index (Phi) is 4.46. The largest absolute Gasteiger partial charge is 0.358 e. The van der Waals surface area contributed by atoms with E-state index in [2.05, 4.69) is 5.32 Å². The van der Waals surface area contributed by atoms with E-state index in [1.54, 1.807) is 0 Å². The summed E-state index contributed by atoms with van der Waals surface area (Å²) in [6.45, 7) is 0.264. The van der Waals surface area contributed by atoms with Crippen LogP contribution in [0, 0.1) is 12.3 Å². The van der Waals surface area contributed by atoms with Crippen molar-refractivity contribution < 1.29 is 13.5 Å². The Balaban J connectivity index is 0.00000121. The van der Waals surface area contributed by atoms with Crippen LogP contribution in [0.25, 0.3) is 0 Å². The molecule has 12 heavy (non-hydrogen) atoms. The molecule has 1 aliphatic heterocycles. The summed E-state index contributed by atoms with van der Waals surface area (Å²) in [5.74, 6) is -1.02. The van der Waals surface area contributed by atoms with E-state index in [0.717, 1.165) is 0 Å². The van der Waals surface area contributed by atoms with E-state index in [9.17, 15) is 8.78 Å². The lowest BCUT2D eigenvalue weighted by molar-refractivity contribution is -0.0927. The zero-order chi connectivity index (χ0) is 8.32. The Labute approximate surface area is 76.1 Å². The molecule has 1 heterocycles. The van der Waals surface area contributed by atoms with Crippen LogP contribution in [0.1, 0.15) is 0 Å². The third-order valence-corrected chi connectivity index (χ3v) is 1.46. The lowest BCUT2D eigenvalue weighted by Gasteiger charge is -2.18. The van der Waals surface area contributed by atoms with E-state index in [1.807, 2.05) is 5.92 Å². The maximum Gasteiger partial charge on any atom is 0.296 e. The predicted octanol–water partition coefficient (Wildman–Crippen LogP) is 0.665. The van der Waals surface area contributed by atoms with Gasteiger partial charge in [0.25, 0.3) is 5.92 Å². The van der Waals surface area contributed by atoms with Gasteiger partial charge >= 0.3 is 0 Å². The molecule has 1 saturated heterocycles. The summed E-state index contributed by atoms with van der Waals surface area (Å²) in [6, 6.07) is 0. The molecule has 1 aliphatic rings. The Morgan fingerprint density at radius 3 is 2.83 bits per heavy atom. The highest BCUT2D eigenvalue weighted by atomic mass is 35.5. The van der Waals surface area contributed by atoms with Crippen LogP contribution in [0.3, 0.4) is 0 Å². The van der Waals surface area contributed by atoms with Gasteiger partial charge in [-0.3, -0.25) is 0 Å². The zero-order valence-corrected chi connectivity index (χ0v) is 7.16. The number of hydrogen-bond acceptors (Lipinski definition) is 2. The fourth-order valence-electron chi connectivity index (χ4n) is 0.889. The second-order valence-corrected chi connectivity index (χ2v) is 2.36. The van der Waals surface area contributed by atoms with E-state index in [4.69, 9.17) is 11.2 Å². The van der Waals surface area contributed by atoms with Gasteiger partial charge in [-0.25, -0.2) is 8.78 Å². The van der Waals surface area contributed by atoms with Gasteiger partial charge in [0.2, 0.25) is 0 Å². The van der Waals surface area contributed by atoms with Crippen LogP contribution in [-0.4, -0.2) is 31.7 Å². The van der Waals surface area contributed by atoms with Crippen molar-refractivity contribution in [3.05, 3.63) is 0 Å². The molecule has 0 saturated carbocycles. The molecule has 1 rings (SSSR count). The summed E-state index contributed by atoms with van der Waals surface area (Å²) in [4.78, 5) is 0. The minimum Gasteiger partial charge on any atom is -0.358 e. The number of ether oxygens (including phenoxy) is 1. The predicted molar refractivity (Wildman–Crippen MR) is 43.6 cm³/mol. The summed E-state index contributed by atoms with van der Waals surface area (Å²) < 4.78 is 30.3. The van der Waals surface area contributed by atoms with Crippen LogP contribution in [0.2, 0.25) is 0 Å². The first-order chi connectivity index (χ1) is 5.17. The van der Waals surface area contributed by atoms with Gasteiger partial charge in [-0.1, -0.05) is 5.92 Å². The van der Waals surface area contributed by atoms with Crippen molar-refractivity contribution in [3.63, 3.8) is 0 Å². The van der Waals surface area contributed by atoms with Gasteiger partial charge in [-0.2, -0.15) is 0 Å². The summed E-state index contributed by atoms with van der Waals surface area (Å²) >= 11 is 0. The molecule has 5 heteroatoms. The molecule has 0 radical (unpaired) electrons. The van der Waals surface area contributed by atoms with Crippen molar-refractivity contribution in [1.29, 1.82) is 0 Å². The highest BCUT2D eigenvalue weighted by molar-refractivity contribution is 5.85. The number of halogens is 3. The normalized spacial score (nSPS) is 27.9. The molecule has 0 bridgehead atoms. The van der Waals surface area contributed by atoms with E-state index in [1.165, 1.54) is 0 Å². The minimum absolute atomic E-state index is 0. The SMILES string of the molecule is C#CC1OCCNCC1(F)F.Cl. The summed E-state index contributed by atoms with van der Waals surface area (Å²) in [5.41, 5.74) is 0. The lowest BCUT2D eigenvalue weighted by atomic mass is 10.2. The smallest absolute Gasteiger partial charge is 0.296 e. The molecule has 1 N–H and O–H groups in total. The molecular weight excluding hydrogens is 188 g/mol. The van der Waals surface area contributed by atoms with Gasteiger partial charge in [0.05, 0.1) is 13.2 Å². The third kappa shape index (κ3) is 2.59. The van der Waals surface area contributed by atoms with E-state index >= 15 is 0 Å². The Hall–Kier alpha value is -0.370. The van der Waals surface area contributed by atoms with Crippen molar-refractivity contribution in [2.45, 2.75) is 12.0 Å². The van der Waals surface area contributed by atoms with Gasteiger partial charge in [0.1, 0.15) is 0 Å². The lowest BCUT2D eigenvalue weighted by Crippen LogP contribution is -2.40. The van der Waals surface area contributed by atoms with Crippen LogP contribution >= 0.6 is 12.4 Å². The van der Waals surface area contributed by atoms with Crippen LogP contribution in [-0.2, 0) is 4.74 Å². The maximum absolute atomic E-state index is 12.8. The summed E-state index contributed by atoms with van der Waals surface area (Å²) in [7, 11) is 0. The van der Waals surface area contributed by atoms with Crippen LogP contribution in [0.15, 0.2) is 0 Å². The average molecular weight is 198 g/mol. The molecule has 0 aromatic heterocycles. The molecule has 0 amide bonds. The van der Waals surface area contributed by atoms with E-state index < -0.39 is 18.6 Å². The average Bonchev–Trinajstić information content (AvgIpc) is 2.10. The highest BCUT2D eigenvalue weighted by Gasteiger charge is 2.40. The molecule has 1 unspecified atom stereocenters. The third-order valence-electron chi connectivity index (χ3n) is 1.46. The van der Waals surface area contributed by atoms with E-state index in [-0.39, 0.29) is 19.0 Å². The van der Waals surface area contributed by atoms with Crippen LogP contribution in [0.5, 0.6) is 0 Å². The molecular formula is C7H10ClF2NO. The molecule has 0 aromatic carbocycles. The van der Waals surface area contributed by atoms with Gasteiger partial charge in [0, 0.05) is 6.54 Å². The Morgan fingerprint density at radius 2 is 2.25 bits per heavy atom. The van der Waals surface area contributed by atoms with Gasteiger partial charge in [0.15, 0.2) is 6.10 Å². The van der Waals surface area contributed by atoms with Crippen molar-refractivity contribution >= 4 is 12.4 Å². The molecule has 2 nitrogen and oxygen atoms in total. The molecule has 0 aromatic rings. The quantitative estimate of drug-likeness (QED) is 0.577. The fourth-order valence-corrected chi connectivity index (χ4v) is 0.889. The number of terminal acetylenes is 1. The van der Waals surface area contributed by atoms with Crippen molar-refractivity contribution in [2.24, 2.45) is 0 Å². The first-order valence-electron chi connectivity index (χ1n) is 3.33. The number of rotatable bonds is 0. The molecule has 1 atom stereocenters. The first-order valence-corrected chi connectivity index (χ1v) is 3.33. The monoisotopic (exact) mass is 197 g/mol. The second kappa shape index (κ2) is 4.61. The standard InChI is InChI=1S/C7H9F2NO.ClH/c1-2-6-7(8,9)5-10-3-4-11-6;/h1,6,10H,3-5H2;1H. The van der Waals surface area contributed by atoms with Crippen molar-refractivity contribution in [3.8, 4) is 12.3 Å². The Bertz CT molecular complexity index is 181. The number of alkyl halides is 2. The summed E-state index contributed by atoms with van der Waals surface area (Å²) in [6.07, 6.45) is 3.49. The Morgan fingerprint density at radius 1 is 1.58 bits per heavy atom. The summed E-state index contributed by atoms with van der Waals surface area (Å²) in [5, 5.41) is 2.53. The van der Waals surface area contributed by atoms with Crippen molar-refractivity contribution in [1.82, 2.24) is 5.32 Å². The van der Waals surface area contributed by atoms with Gasteiger partial charge < -0.3 is 10.1 Å². The molecule has 0 aliphatic carbocycles. The zero-order valence-electron chi connectivity index (χ0n) is 6.35. The first kappa shape index (κ1) is 11.6. The minimum atomic E-state index is -2.94. The molecule has 0 spiro atoms. The van der Waals surface area contributed by atoms with Crippen LogP contribution < -0.4 is 5.32 Å². The second-order valence-electron chi connectivity index (χ2n) is 2.36. The van der Waals surface area contributed by atoms with Gasteiger partial charge in [-0.05, 0) is 0 Å².